The van der Waals surface area contributed by atoms with E-state index in [1.165, 1.54) is 13.2 Å². The number of halogens is 2. The van der Waals surface area contributed by atoms with Crippen molar-refractivity contribution in [3.63, 3.8) is 0 Å². The molecule has 0 bridgehead atoms. The summed E-state index contributed by atoms with van der Waals surface area (Å²) < 4.78 is 31.1. The molecule has 2 fully saturated rings. The SMILES string of the molecule is COc1c(C(O)CN2CCN3C[C@@H](c4ccc5c(c4C)COC5=O)OC[C@@H]3C2)ccc(C#N)c1F.Cl. The zero-order valence-corrected chi connectivity index (χ0v) is 21.0. The summed E-state index contributed by atoms with van der Waals surface area (Å²) in [6.07, 6.45) is -1.02. The third-order valence-electron chi connectivity index (χ3n) is 7.38. The van der Waals surface area contributed by atoms with E-state index in [1.54, 1.807) is 12.1 Å². The van der Waals surface area contributed by atoms with Crippen LogP contribution in [0.25, 0.3) is 0 Å². The first kappa shape index (κ1) is 26.3. The number of esters is 1. The average Bonchev–Trinajstić information content (AvgIpc) is 3.25. The van der Waals surface area contributed by atoms with Crippen molar-refractivity contribution in [2.75, 3.05) is 46.4 Å². The second kappa shape index (κ2) is 10.7. The summed E-state index contributed by atoms with van der Waals surface area (Å²) in [5, 5.41) is 19.9. The number of methoxy groups -OCH3 is 1. The maximum absolute atomic E-state index is 14.5. The summed E-state index contributed by atoms with van der Waals surface area (Å²) in [6.45, 7) is 6.27. The molecule has 0 aromatic heterocycles. The molecule has 36 heavy (non-hydrogen) atoms. The summed E-state index contributed by atoms with van der Waals surface area (Å²) in [7, 11) is 1.33. The lowest BCUT2D eigenvalue weighted by molar-refractivity contribution is -0.0939. The minimum Gasteiger partial charge on any atom is -0.493 e. The molecule has 0 saturated carbocycles. The third kappa shape index (κ3) is 4.67. The van der Waals surface area contributed by atoms with Crippen LogP contribution in [0.15, 0.2) is 24.3 Å². The van der Waals surface area contributed by atoms with E-state index in [1.807, 2.05) is 19.1 Å². The maximum atomic E-state index is 14.5. The van der Waals surface area contributed by atoms with Gasteiger partial charge in [0.2, 0.25) is 0 Å². The van der Waals surface area contributed by atoms with Crippen molar-refractivity contribution in [2.45, 2.75) is 31.8 Å². The van der Waals surface area contributed by atoms with Crippen LogP contribution in [0.3, 0.4) is 0 Å². The van der Waals surface area contributed by atoms with Crippen LogP contribution >= 0.6 is 12.4 Å². The van der Waals surface area contributed by atoms with Gasteiger partial charge in [-0.3, -0.25) is 9.80 Å². The molecule has 3 atom stereocenters. The Morgan fingerprint density at radius 1 is 1.28 bits per heavy atom. The number of fused-ring (bicyclic) bond motifs is 2. The van der Waals surface area contributed by atoms with E-state index in [0.29, 0.717) is 30.9 Å². The van der Waals surface area contributed by atoms with Crippen LogP contribution in [0.4, 0.5) is 4.39 Å². The largest absolute Gasteiger partial charge is 0.493 e. The standard InChI is InChI=1S/C26H28FN3O5.ClH/c1-15-18(5-6-19-21(15)14-35-26(19)32)23-12-30-8-7-29(10-17(30)13-34-23)11-22(31)20-4-3-16(9-28)24(27)25(20)33-2;/h3-6,17,22-23,31H,7-8,10-14H2,1-2H3;1H/t17-,22?,23-;/m0./s1. The van der Waals surface area contributed by atoms with Gasteiger partial charge in [-0.1, -0.05) is 12.1 Å². The maximum Gasteiger partial charge on any atom is 0.338 e. The number of benzene rings is 2. The minimum atomic E-state index is -0.949. The van der Waals surface area contributed by atoms with Crippen LogP contribution in [0.1, 0.15) is 50.4 Å². The number of aliphatic hydroxyl groups excluding tert-OH is 1. The number of rotatable bonds is 5. The van der Waals surface area contributed by atoms with E-state index < -0.39 is 11.9 Å². The monoisotopic (exact) mass is 517 g/mol. The van der Waals surface area contributed by atoms with Gasteiger partial charge in [0, 0.05) is 49.9 Å². The van der Waals surface area contributed by atoms with E-state index in [4.69, 9.17) is 19.5 Å². The van der Waals surface area contributed by atoms with Gasteiger partial charge < -0.3 is 19.3 Å². The Hall–Kier alpha value is -2.74. The Morgan fingerprint density at radius 2 is 2.08 bits per heavy atom. The number of piperazine rings is 1. The predicted octanol–water partition coefficient (Wildman–Crippen LogP) is 2.90. The van der Waals surface area contributed by atoms with Crippen LogP contribution in [0, 0.1) is 24.1 Å². The number of hydrogen-bond acceptors (Lipinski definition) is 8. The van der Waals surface area contributed by atoms with E-state index in [0.717, 1.165) is 42.9 Å². The molecule has 0 spiro atoms. The van der Waals surface area contributed by atoms with Gasteiger partial charge >= 0.3 is 5.97 Å². The smallest absolute Gasteiger partial charge is 0.338 e. The molecule has 1 unspecified atom stereocenters. The zero-order valence-electron chi connectivity index (χ0n) is 20.2. The van der Waals surface area contributed by atoms with Crippen molar-refractivity contribution in [1.29, 1.82) is 5.26 Å². The first-order valence-electron chi connectivity index (χ1n) is 11.7. The average molecular weight is 518 g/mol. The molecule has 0 radical (unpaired) electrons. The van der Waals surface area contributed by atoms with Crippen LogP contribution in [-0.4, -0.2) is 73.4 Å². The number of aliphatic hydroxyl groups is 1. The molecule has 1 N–H and O–H groups in total. The summed E-state index contributed by atoms with van der Waals surface area (Å²) in [6, 6.07) is 8.71. The molecule has 0 amide bonds. The normalized spacial score (nSPS) is 22.6. The lowest BCUT2D eigenvalue weighted by atomic mass is 9.94. The van der Waals surface area contributed by atoms with Gasteiger partial charge in [0.05, 0.1) is 37.1 Å². The van der Waals surface area contributed by atoms with Gasteiger partial charge in [0.15, 0.2) is 11.6 Å². The predicted molar refractivity (Wildman–Crippen MR) is 131 cm³/mol. The molecule has 5 rings (SSSR count). The number of nitrogens with zero attached hydrogens (tertiary/aromatic N) is 3. The quantitative estimate of drug-likeness (QED) is 0.605. The molecule has 2 aromatic rings. The fourth-order valence-electron chi connectivity index (χ4n) is 5.39. The highest BCUT2D eigenvalue weighted by Crippen LogP contribution is 2.35. The van der Waals surface area contributed by atoms with E-state index in [-0.39, 0.29) is 41.8 Å². The first-order chi connectivity index (χ1) is 16.9. The van der Waals surface area contributed by atoms with Crippen molar-refractivity contribution in [2.24, 2.45) is 0 Å². The second-order valence-electron chi connectivity index (χ2n) is 9.29. The number of morpholine rings is 1. The van der Waals surface area contributed by atoms with Crippen LogP contribution in [0.2, 0.25) is 0 Å². The Labute approximate surface area is 215 Å². The Kier molecular flexibility index (Phi) is 7.83. The van der Waals surface area contributed by atoms with E-state index in [2.05, 4.69) is 9.80 Å². The van der Waals surface area contributed by atoms with Crippen molar-refractivity contribution >= 4 is 18.4 Å². The molecule has 3 heterocycles. The number of carbonyl (C=O) groups excluding carboxylic acids is 1. The minimum absolute atomic E-state index is 0. The first-order valence-corrected chi connectivity index (χ1v) is 11.7. The van der Waals surface area contributed by atoms with Crippen LogP contribution in [0.5, 0.6) is 5.75 Å². The van der Waals surface area contributed by atoms with Crippen molar-refractivity contribution in [1.82, 2.24) is 9.80 Å². The van der Waals surface area contributed by atoms with Crippen LogP contribution < -0.4 is 4.74 Å². The van der Waals surface area contributed by atoms with Gasteiger partial charge in [-0.05, 0) is 30.2 Å². The Morgan fingerprint density at radius 3 is 2.83 bits per heavy atom. The fourth-order valence-corrected chi connectivity index (χ4v) is 5.39. The van der Waals surface area contributed by atoms with E-state index >= 15 is 0 Å². The molecule has 2 saturated heterocycles. The lowest BCUT2D eigenvalue weighted by Gasteiger charge is -2.46. The molecule has 3 aliphatic rings. The molecule has 0 aliphatic carbocycles. The number of cyclic esters (lactones) is 1. The zero-order chi connectivity index (χ0) is 24.7. The number of nitriles is 1. The van der Waals surface area contributed by atoms with Gasteiger partial charge in [-0.2, -0.15) is 5.26 Å². The lowest BCUT2D eigenvalue weighted by Crippen LogP contribution is -2.58. The molecular formula is C26H29ClFN3O5. The van der Waals surface area contributed by atoms with Gasteiger partial charge in [0.1, 0.15) is 12.7 Å². The summed E-state index contributed by atoms with van der Waals surface area (Å²) in [5.74, 6) is -1.10. The van der Waals surface area contributed by atoms with E-state index in [9.17, 15) is 14.3 Å². The molecule has 2 aromatic carbocycles. The van der Waals surface area contributed by atoms with Crippen molar-refractivity contribution in [3.8, 4) is 11.8 Å². The molecular weight excluding hydrogens is 489 g/mol. The van der Waals surface area contributed by atoms with Crippen molar-refractivity contribution in [3.05, 3.63) is 63.5 Å². The highest BCUT2D eigenvalue weighted by atomic mass is 35.5. The topological polar surface area (TPSA) is 95.3 Å². The molecule has 10 heteroatoms. The molecule has 3 aliphatic heterocycles. The number of ether oxygens (including phenoxy) is 3. The van der Waals surface area contributed by atoms with Gasteiger partial charge in [-0.15, -0.1) is 12.4 Å². The Bertz CT molecular complexity index is 1200. The fraction of sp³-hybridized carbons (Fsp3) is 0.462. The highest BCUT2D eigenvalue weighted by Gasteiger charge is 2.36. The molecule has 8 nitrogen and oxygen atoms in total. The summed E-state index contributed by atoms with van der Waals surface area (Å²) in [4.78, 5) is 16.4. The highest BCUT2D eigenvalue weighted by molar-refractivity contribution is 5.94. The number of β-amino-alcohol motifs (C(OH)–C–C–N with tert-alkyl or cyclic N) is 1. The number of hydrogen-bond donors (Lipinski definition) is 1. The second-order valence-corrected chi connectivity index (χ2v) is 9.29. The van der Waals surface area contributed by atoms with Crippen LogP contribution in [-0.2, 0) is 16.1 Å². The van der Waals surface area contributed by atoms with Gasteiger partial charge in [0.25, 0.3) is 0 Å². The summed E-state index contributed by atoms with van der Waals surface area (Å²) >= 11 is 0. The number of carbonyl (C=O) groups is 1. The summed E-state index contributed by atoms with van der Waals surface area (Å²) in [5.41, 5.74) is 3.96. The Balaban J connectivity index is 0.00000304. The third-order valence-corrected chi connectivity index (χ3v) is 7.38. The molecule has 192 valence electrons. The van der Waals surface area contributed by atoms with Crippen molar-refractivity contribution < 1.29 is 28.5 Å². The van der Waals surface area contributed by atoms with Gasteiger partial charge in [-0.25, -0.2) is 9.18 Å².